The van der Waals surface area contributed by atoms with E-state index in [1.165, 1.54) is 4.90 Å². The highest BCUT2D eigenvalue weighted by Gasteiger charge is 2.58. The number of amides is 2. The van der Waals surface area contributed by atoms with E-state index in [2.05, 4.69) is 33.7 Å². The molecule has 2 bridgehead atoms. The number of hydrogen-bond acceptors (Lipinski definition) is 3. The lowest BCUT2D eigenvalue weighted by atomic mass is 9.85. The minimum absolute atomic E-state index is 0.0201. The molecule has 1 heterocycles. The molecule has 0 aromatic rings. The average molecular weight is 314 g/mol. The number of nitrogens with one attached hydrogen (secondary N) is 2. The molecule has 6 nitrogen and oxygen atoms in total. The van der Waals surface area contributed by atoms with Crippen LogP contribution in [0.1, 0.15) is 12.8 Å². The van der Waals surface area contributed by atoms with Crippen LogP contribution in [0.25, 0.3) is 0 Å². The van der Waals surface area contributed by atoms with Crippen LogP contribution in [0.3, 0.4) is 0 Å². The zero-order chi connectivity index (χ0) is 16.4. The molecule has 3 rings (SSSR count). The maximum absolute atomic E-state index is 12.5. The van der Waals surface area contributed by atoms with Crippen molar-refractivity contribution in [1.29, 1.82) is 0 Å². The van der Waals surface area contributed by atoms with Crippen LogP contribution in [-0.4, -0.2) is 49.4 Å². The lowest BCUT2D eigenvalue weighted by Crippen LogP contribution is -2.40. The lowest BCUT2D eigenvalue weighted by Gasteiger charge is -2.17. The molecular weight excluding hydrogens is 292 g/mol. The van der Waals surface area contributed by atoms with Crippen molar-refractivity contribution >= 4 is 17.8 Å². The third kappa shape index (κ3) is 2.72. The van der Waals surface area contributed by atoms with E-state index in [1.54, 1.807) is 7.05 Å². The van der Waals surface area contributed by atoms with Gasteiger partial charge in [-0.15, -0.1) is 6.42 Å². The van der Waals surface area contributed by atoms with E-state index in [0.717, 1.165) is 6.42 Å². The topological polar surface area (TPSA) is 73.8 Å². The van der Waals surface area contributed by atoms with Crippen LogP contribution in [0.5, 0.6) is 0 Å². The number of nitrogens with zero attached hydrogens (tertiary/aromatic N) is 2. The summed E-state index contributed by atoms with van der Waals surface area (Å²) in [6, 6.07) is 0. The van der Waals surface area contributed by atoms with Gasteiger partial charge in [0.1, 0.15) is 0 Å². The molecule has 2 fully saturated rings. The quantitative estimate of drug-likeness (QED) is 0.187. The largest absolute Gasteiger partial charge is 0.356 e. The molecule has 23 heavy (non-hydrogen) atoms. The SMILES string of the molecule is C#CCNC(=NC)NCCCN1C(=O)C2C3C=CC(C3)C2C1=O. The van der Waals surface area contributed by atoms with Crippen molar-refractivity contribution in [2.24, 2.45) is 28.7 Å². The third-order valence-corrected chi connectivity index (χ3v) is 4.99. The lowest BCUT2D eigenvalue weighted by molar-refractivity contribution is -0.140. The van der Waals surface area contributed by atoms with E-state index in [4.69, 9.17) is 6.42 Å². The average Bonchev–Trinajstić information content (AvgIpc) is 3.23. The number of aliphatic imine (C=N–C) groups is 1. The zero-order valence-corrected chi connectivity index (χ0v) is 13.3. The van der Waals surface area contributed by atoms with Gasteiger partial charge in [-0.1, -0.05) is 18.1 Å². The fourth-order valence-electron chi connectivity index (χ4n) is 3.98. The molecule has 122 valence electrons. The molecule has 2 amide bonds. The Balaban J connectivity index is 1.48. The van der Waals surface area contributed by atoms with Crippen LogP contribution in [0.4, 0.5) is 0 Å². The smallest absolute Gasteiger partial charge is 0.233 e. The number of carbonyl (C=O) groups excluding carboxylic acids is 2. The second-order valence-electron chi connectivity index (χ2n) is 6.24. The summed E-state index contributed by atoms with van der Waals surface area (Å²) in [6.07, 6.45) is 11.1. The van der Waals surface area contributed by atoms with Crippen molar-refractivity contribution in [2.75, 3.05) is 26.7 Å². The highest BCUT2D eigenvalue weighted by atomic mass is 16.2. The number of imide groups is 1. The number of likely N-dealkylation sites (tertiary alicyclic amines) is 1. The van der Waals surface area contributed by atoms with Crippen LogP contribution >= 0.6 is 0 Å². The van der Waals surface area contributed by atoms with Crippen LogP contribution in [0, 0.1) is 36.0 Å². The number of hydrogen-bond donors (Lipinski definition) is 2. The summed E-state index contributed by atoms with van der Waals surface area (Å²) >= 11 is 0. The second kappa shape index (κ2) is 6.45. The summed E-state index contributed by atoms with van der Waals surface area (Å²) in [5.41, 5.74) is 0. The van der Waals surface area contributed by atoms with E-state index < -0.39 is 0 Å². The molecule has 0 aromatic carbocycles. The van der Waals surface area contributed by atoms with Gasteiger partial charge in [-0.25, -0.2) is 0 Å². The Labute approximate surface area is 136 Å². The van der Waals surface area contributed by atoms with Crippen molar-refractivity contribution in [1.82, 2.24) is 15.5 Å². The van der Waals surface area contributed by atoms with Crippen molar-refractivity contribution in [3.8, 4) is 12.3 Å². The van der Waals surface area contributed by atoms with Gasteiger partial charge in [-0.2, -0.15) is 0 Å². The van der Waals surface area contributed by atoms with Gasteiger partial charge in [-0.3, -0.25) is 19.5 Å². The molecular formula is C17H22N4O2. The molecule has 6 heteroatoms. The van der Waals surface area contributed by atoms with Crippen molar-refractivity contribution in [2.45, 2.75) is 12.8 Å². The highest BCUT2D eigenvalue weighted by molar-refractivity contribution is 6.06. The van der Waals surface area contributed by atoms with Crippen molar-refractivity contribution in [3.05, 3.63) is 12.2 Å². The first kappa shape index (κ1) is 15.6. The Morgan fingerprint density at radius 3 is 2.52 bits per heavy atom. The third-order valence-electron chi connectivity index (χ3n) is 4.99. The summed E-state index contributed by atoms with van der Waals surface area (Å²) in [5.74, 6) is 3.49. The van der Waals surface area contributed by atoms with Gasteiger partial charge in [0.25, 0.3) is 0 Å². The summed E-state index contributed by atoms with van der Waals surface area (Å²) in [6.45, 7) is 1.49. The maximum atomic E-state index is 12.5. The van der Waals surface area contributed by atoms with Crippen LogP contribution in [0.2, 0.25) is 0 Å². The predicted molar refractivity (Wildman–Crippen MR) is 87.3 cm³/mol. The Morgan fingerprint density at radius 2 is 1.96 bits per heavy atom. The summed E-state index contributed by atoms with van der Waals surface area (Å²) in [7, 11) is 1.67. The number of rotatable bonds is 5. The van der Waals surface area contributed by atoms with Crippen LogP contribution < -0.4 is 10.6 Å². The second-order valence-corrected chi connectivity index (χ2v) is 6.24. The standard InChI is InChI=1S/C17H22N4O2/c1-3-7-19-17(18-2)20-8-4-9-21-15(22)13-11-5-6-12(10-11)14(13)16(21)23/h1,5-6,11-14H,4,7-10H2,2H3,(H2,18,19,20). The van der Waals surface area contributed by atoms with E-state index >= 15 is 0 Å². The van der Waals surface area contributed by atoms with Crippen LogP contribution in [0.15, 0.2) is 17.1 Å². The number of terminal acetylenes is 1. The molecule has 3 aliphatic rings. The van der Waals surface area contributed by atoms with Gasteiger partial charge >= 0.3 is 0 Å². The summed E-state index contributed by atoms with van der Waals surface area (Å²) < 4.78 is 0. The molecule has 2 aliphatic carbocycles. The molecule has 1 saturated heterocycles. The zero-order valence-electron chi connectivity index (χ0n) is 13.3. The van der Waals surface area contributed by atoms with E-state index in [9.17, 15) is 9.59 Å². The first-order valence-electron chi connectivity index (χ1n) is 8.09. The van der Waals surface area contributed by atoms with Gasteiger partial charge in [0.2, 0.25) is 11.8 Å². The van der Waals surface area contributed by atoms with Gasteiger partial charge in [0, 0.05) is 20.1 Å². The minimum atomic E-state index is -0.101. The van der Waals surface area contributed by atoms with Gasteiger partial charge in [0.05, 0.1) is 18.4 Å². The molecule has 1 aliphatic heterocycles. The van der Waals surface area contributed by atoms with Crippen molar-refractivity contribution < 1.29 is 9.59 Å². The Kier molecular flexibility index (Phi) is 4.37. The molecule has 0 spiro atoms. The Bertz CT molecular complexity index is 574. The molecule has 0 aromatic heterocycles. The van der Waals surface area contributed by atoms with Gasteiger partial charge in [0.15, 0.2) is 5.96 Å². The highest BCUT2D eigenvalue weighted by Crippen LogP contribution is 2.52. The van der Waals surface area contributed by atoms with E-state index in [-0.39, 0.29) is 35.5 Å². The predicted octanol–water partition coefficient (Wildman–Crippen LogP) is -0.0182. The Morgan fingerprint density at radius 1 is 1.30 bits per heavy atom. The Hall–Kier alpha value is -2.29. The monoisotopic (exact) mass is 314 g/mol. The number of carbonyl (C=O) groups is 2. The molecule has 2 N–H and O–H groups in total. The summed E-state index contributed by atoms with van der Waals surface area (Å²) in [5, 5.41) is 6.08. The molecule has 4 unspecified atom stereocenters. The number of allylic oxidation sites excluding steroid dienone is 2. The first-order valence-corrected chi connectivity index (χ1v) is 8.09. The maximum Gasteiger partial charge on any atom is 0.233 e. The fourth-order valence-corrected chi connectivity index (χ4v) is 3.98. The van der Waals surface area contributed by atoms with Crippen LogP contribution in [-0.2, 0) is 9.59 Å². The summed E-state index contributed by atoms with van der Waals surface area (Å²) in [4.78, 5) is 30.5. The van der Waals surface area contributed by atoms with Crippen molar-refractivity contribution in [3.63, 3.8) is 0 Å². The normalized spacial score (nSPS) is 31.5. The molecule has 0 radical (unpaired) electrons. The molecule has 4 atom stereocenters. The van der Waals surface area contributed by atoms with Gasteiger partial charge in [-0.05, 0) is 24.7 Å². The van der Waals surface area contributed by atoms with E-state index in [1.807, 2.05) is 0 Å². The number of guanidine groups is 1. The van der Waals surface area contributed by atoms with E-state index in [0.29, 0.717) is 32.0 Å². The number of fused-ring (bicyclic) bond motifs is 5. The fraction of sp³-hybridized carbons (Fsp3) is 0.588. The van der Waals surface area contributed by atoms with Gasteiger partial charge < -0.3 is 10.6 Å². The molecule has 1 saturated carbocycles. The first-order chi connectivity index (χ1) is 11.2. The minimum Gasteiger partial charge on any atom is -0.356 e.